The second-order valence-corrected chi connectivity index (χ2v) is 5.48. The van der Waals surface area contributed by atoms with Gasteiger partial charge >= 0.3 is 0 Å². The maximum atomic E-state index is 12.0. The lowest BCUT2D eigenvalue weighted by Gasteiger charge is -2.32. The van der Waals surface area contributed by atoms with Crippen molar-refractivity contribution >= 4 is 11.6 Å². The third kappa shape index (κ3) is 6.29. The summed E-state index contributed by atoms with van der Waals surface area (Å²) in [5, 5.41) is 3.04. The van der Waals surface area contributed by atoms with Gasteiger partial charge in [-0.15, -0.1) is 11.6 Å². The summed E-state index contributed by atoms with van der Waals surface area (Å²) >= 11 is 6.31. The third-order valence-corrected chi connectivity index (χ3v) is 3.82. The molecule has 1 saturated carbocycles. The molecule has 0 amide bonds. The Labute approximate surface area is 114 Å². The van der Waals surface area contributed by atoms with E-state index in [0.29, 0.717) is 18.9 Å². The van der Waals surface area contributed by atoms with Gasteiger partial charge in [-0.2, -0.15) is 0 Å². The molecule has 0 aromatic rings. The lowest BCUT2D eigenvalue weighted by atomic mass is 9.85. The number of nitrogens with one attached hydrogen (secondary N) is 1. The topological polar surface area (TPSA) is 73.3 Å². The van der Waals surface area contributed by atoms with E-state index >= 15 is 0 Å². The lowest BCUT2D eigenvalue weighted by molar-refractivity contribution is 0.0173. The summed E-state index contributed by atoms with van der Waals surface area (Å²) in [6, 6.07) is 0. The molecule has 6 heteroatoms. The lowest BCUT2D eigenvalue weighted by Crippen LogP contribution is -2.46. The van der Waals surface area contributed by atoms with Crippen LogP contribution in [0.2, 0.25) is 0 Å². The number of halogens is 2. The molecule has 0 saturated heterocycles. The number of hydrogen-bond acceptors (Lipinski definition) is 4. The van der Waals surface area contributed by atoms with Crippen LogP contribution < -0.4 is 16.8 Å². The fraction of sp³-hybridized carbons (Fsp3) is 1.00. The van der Waals surface area contributed by atoms with Gasteiger partial charge in [0.2, 0.25) is 0 Å². The molecule has 0 spiro atoms. The van der Waals surface area contributed by atoms with Gasteiger partial charge in [-0.25, -0.2) is 0 Å². The van der Waals surface area contributed by atoms with Crippen LogP contribution in [0.4, 0.5) is 4.39 Å². The Morgan fingerprint density at radius 1 is 1.39 bits per heavy atom. The Kier molecular flexibility index (Phi) is 8.10. The van der Waals surface area contributed by atoms with Crippen molar-refractivity contribution < 1.29 is 9.13 Å². The quantitative estimate of drug-likeness (QED) is 0.356. The maximum Gasteiger partial charge on any atom is 0.106 e. The largest absolute Gasteiger partial charge is 0.377 e. The molecule has 1 rings (SSSR count). The molecule has 3 atom stereocenters. The zero-order chi connectivity index (χ0) is 13.4. The molecule has 0 radical (unpaired) electrons. The Balaban J connectivity index is 2.15. The molecule has 2 unspecified atom stereocenters. The number of alkyl halides is 2. The summed E-state index contributed by atoms with van der Waals surface area (Å²) in [7, 11) is 0. The Morgan fingerprint density at radius 3 is 2.78 bits per heavy atom. The molecular formula is C12H25ClFN3O. The molecule has 5 N–H and O–H groups in total. The van der Waals surface area contributed by atoms with E-state index in [4.69, 9.17) is 27.8 Å². The fourth-order valence-corrected chi connectivity index (χ4v) is 2.81. The van der Waals surface area contributed by atoms with Crippen LogP contribution in [0.5, 0.6) is 0 Å². The number of ether oxygens (including phenoxy) is 1. The summed E-state index contributed by atoms with van der Waals surface area (Å²) in [5.41, 5.74) is 10.8. The first-order valence-corrected chi connectivity index (χ1v) is 7.13. The molecule has 1 fully saturated rings. The summed E-state index contributed by atoms with van der Waals surface area (Å²) in [4.78, 5) is 0. The summed E-state index contributed by atoms with van der Waals surface area (Å²) in [6.45, 7) is 0.964. The van der Waals surface area contributed by atoms with Crippen LogP contribution in [0.3, 0.4) is 0 Å². The highest BCUT2D eigenvalue weighted by Crippen LogP contribution is 2.31. The van der Waals surface area contributed by atoms with Crippen molar-refractivity contribution in [2.24, 2.45) is 17.4 Å². The van der Waals surface area contributed by atoms with Crippen molar-refractivity contribution in [1.29, 1.82) is 0 Å². The molecule has 108 valence electrons. The van der Waals surface area contributed by atoms with E-state index in [0.717, 1.165) is 32.2 Å². The predicted octanol–water partition coefficient (Wildman–Crippen LogP) is 1.32. The van der Waals surface area contributed by atoms with Crippen LogP contribution in [0.15, 0.2) is 0 Å². The molecule has 4 nitrogen and oxygen atoms in total. The molecule has 18 heavy (non-hydrogen) atoms. The number of nitrogens with two attached hydrogens (primary N) is 2. The van der Waals surface area contributed by atoms with Crippen LogP contribution >= 0.6 is 11.6 Å². The standard InChI is InChI=1S/C12H25ClFN3O/c13-10-8-9(4-6-17-12(15)16)2-3-11(10)18-7-1-5-14/h9-12,17H,1-8,15-16H2/t9?,10-,11?/m0/s1. The highest BCUT2D eigenvalue weighted by molar-refractivity contribution is 6.21. The van der Waals surface area contributed by atoms with Gasteiger partial charge in [0, 0.05) is 6.61 Å². The minimum absolute atomic E-state index is 0.0370. The Hall–Kier alpha value is 0.0600. The minimum atomic E-state index is -0.447. The predicted molar refractivity (Wildman–Crippen MR) is 72.1 cm³/mol. The summed E-state index contributed by atoms with van der Waals surface area (Å²) in [6.07, 6.45) is 4.14. The number of rotatable bonds is 8. The van der Waals surface area contributed by atoms with E-state index < -0.39 is 6.29 Å². The van der Waals surface area contributed by atoms with E-state index in [-0.39, 0.29) is 18.2 Å². The van der Waals surface area contributed by atoms with Gasteiger partial charge in [-0.05, 0) is 44.6 Å². The maximum absolute atomic E-state index is 12.0. The van der Waals surface area contributed by atoms with Crippen LogP contribution in [-0.4, -0.2) is 37.6 Å². The van der Waals surface area contributed by atoms with Gasteiger partial charge in [0.15, 0.2) is 0 Å². The van der Waals surface area contributed by atoms with E-state index in [1.165, 1.54) is 0 Å². The SMILES string of the molecule is NC(N)NCCC1CCC(OCCCF)[C@@H](Cl)C1. The van der Waals surface area contributed by atoms with Gasteiger partial charge in [0.05, 0.1) is 18.2 Å². The monoisotopic (exact) mass is 281 g/mol. The average Bonchev–Trinajstić information content (AvgIpc) is 2.31. The van der Waals surface area contributed by atoms with E-state index in [1.54, 1.807) is 0 Å². The molecule has 0 aromatic heterocycles. The molecule has 0 aromatic carbocycles. The van der Waals surface area contributed by atoms with Gasteiger partial charge < -0.3 is 16.2 Å². The Bertz CT molecular complexity index is 221. The van der Waals surface area contributed by atoms with Crippen molar-refractivity contribution in [3.8, 4) is 0 Å². The zero-order valence-electron chi connectivity index (χ0n) is 10.8. The number of hydrogen-bond donors (Lipinski definition) is 3. The van der Waals surface area contributed by atoms with Crippen molar-refractivity contribution in [3.63, 3.8) is 0 Å². The van der Waals surface area contributed by atoms with E-state index in [2.05, 4.69) is 5.32 Å². The highest BCUT2D eigenvalue weighted by Gasteiger charge is 2.29. The van der Waals surface area contributed by atoms with Crippen LogP contribution in [0, 0.1) is 5.92 Å². The van der Waals surface area contributed by atoms with Crippen LogP contribution in [-0.2, 0) is 4.74 Å². The Morgan fingerprint density at radius 2 is 2.17 bits per heavy atom. The van der Waals surface area contributed by atoms with Gasteiger partial charge in [-0.1, -0.05) is 0 Å². The second kappa shape index (κ2) is 9.04. The van der Waals surface area contributed by atoms with Gasteiger partial charge in [0.25, 0.3) is 0 Å². The van der Waals surface area contributed by atoms with Crippen molar-refractivity contribution in [2.75, 3.05) is 19.8 Å². The van der Waals surface area contributed by atoms with Crippen molar-refractivity contribution in [3.05, 3.63) is 0 Å². The molecule has 0 bridgehead atoms. The molecular weight excluding hydrogens is 257 g/mol. The van der Waals surface area contributed by atoms with E-state index in [1.807, 2.05) is 0 Å². The second-order valence-electron chi connectivity index (χ2n) is 4.92. The molecule has 1 aliphatic carbocycles. The van der Waals surface area contributed by atoms with Gasteiger partial charge in [-0.3, -0.25) is 9.71 Å². The first-order valence-electron chi connectivity index (χ1n) is 6.69. The van der Waals surface area contributed by atoms with Crippen LogP contribution in [0.25, 0.3) is 0 Å². The fourth-order valence-electron chi connectivity index (χ4n) is 2.36. The van der Waals surface area contributed by atoms with Crippen molar-refractivity contribution in [2.45, 2.75) is 49.9 Å². The first kappa shape index (κ1) is 16.1. The zero-order valence-corrected chi connectivity index (χ0v) is 11.5. The third-order valence-electron chi connectivity index (χ3n) is 3.36. The summed E-state index contributed by atoms with van der Waals surface area (Å²) in [5.74, 6) is 0.597. The van der Waals surface area contributed by atoms with Crippen molar-refractivity contribution in [1.82, 2.24) is 5.32 Å². The van der Waals surface area contributed by atoms with Crippen LogP contribution in [0.1, 0.15) is 32.1 Å². The first-order chi connectivity index (χ1) is 8.63. The minimum Gasteiger partial charge on any atom is -0.377 e. The smallest absolute Gasteiger partial charge is 0.106 e. The molecule has 0 heterocycles. The van der Waals surface area contributed by atoms with E-state index in [9.17, 15) is 4.39 Å². The molecule has 1 aliphatic rings. The van der Waals surface area contributed by atoms with Gasteiger partial charge in [0.1, 0.15) is 6.29 Å². The highest BCUT2D eigenvalue weighted by atomic mass is 35.5. The average molecular weight is 282 g/mol. The molecule has 0 aliphatic heterocycles. The normalized spacial score (nSPS) is 28.8. The summed E-state index contributed by atoms with van der Waals surface area (Å²) < 4.78 is 17.6.